The third-order valence-electron chi connectivity index (χ3n) is 3.61. The molecule has 2 amide bonds. The van der Waals surface area contributed by atoms with Gasteiger partial charge in [0.25, 0.3) is 5.91 Å². The van der Waals surface area contributed by atoms with Gasteiger partial charge in [-0.05, 0) is 45.8 Å². The predicted molar refractivity (Wildman–Crippen MR) is 74.3 cm³/mol. The van der Waals surface area contributed by atoms with E-state index in [4.69, 9.17) is 10.2 Å². The minimum Gasteiger partial charge on any atom is -0.466 e. The molecular weight excluding hydrogens is 258 g/mol. The highest BCUT2D eigenvalue weighted by Gasteiger charge is 2.29. The number of piperidine rings is 1. The predicted octanol–water partition coefficient (Wildman–Crippen LogP) is 0.576. The van der Waals surface area contributed by atoms with E-state index in [1.807, 2.05) is 0 Å². The molecule has 0 saturated carbocycles. The number of carbonyl (C=O) groups excluding carboxylic acids is 2. The first-order valence-corrected chi connectivity index (χ1v) is 6.86. The number of primary amides is 1. The molecule has 1 aliphatic heterocycles. The van der Waals surface area contributed by atoms with E-state index in [0.717, 1.165) is 25.9 Å². The maximum Gasteiger partial charge on any atom is 0.258 e. The van der Waals surface area contributed by atoms with E-state index >= 15 is 0 Å². The Hall–Kier alpha value is -1.82. The Kier molecular flexibility index (Phi) is 4.44. The first-order valence-electron chi connectivity index (χ1n) is 6.86. The van der Waals surface area contributed by atoms with Gasteiger partial charge in [0.1, 0.15) is 11.5 Å². The number of nitrogens with two attached hydrogens (primary N) is 1. The second kappa shape index (κ2) is 6.09. The van der Waals surface area contributed by atoms with Crippen LogP contribution in [0.3, 0.4) is 0 Å². The monoisotopic (exact) mass is 279 g/mol. The summed E-state index contributed by atoms with van der Waals surface area (Å²) in [7, 11) is 0. The average molecular weight is 279 g/mol. The van der Waals surface area contributed by atoms with E-state index in [0.29, 0.717) is 17.1 Å². The maximum absolute atomic E-state index is 12.7. The van der Waals surface area contributed by atoms with Gasteiger partial charge in [0.05, 0.1) is 12.1 Å². The van der Waals surface area contributed by atoms with Crippen molar-refractivity contribution in [2.24, 2.45) is 5.73 Å². The molecule has 6 heteroatoms. The molecule has 1 fully saturated rings. The summed E-state index contributed by atoms with van der Waals surface area (Å²) in [4.78, 5) is 25.5. The third kappa shape index (κ3) is 3.19. The topological polar surface area (TPSA) is 88.6 Å². The molecule has 0 aromatic carbocycles. The molecule has 0 unspecified atom stereocenters. The fourth-order valence-corrected chi connectivity index (χ4v) is 2.65. The van der Waals surface area contributed by atoms with Crippen molar-refractivity contribution in [3.05, 3.63) is 23.2 Å². The van der Waals surface area contributed by atoms with Crippen LogP contribution in [0.4, 0.5) is 0 Å². The molecule has 1 saturated heterocycles. The van der Waals surface area contributed by atoms with E-state index < -0.39 is 5.91 Å². The number of aryl methyl sites for hydroxylation is 2. The first-order chi connectivity index (χ1) is 9.49. The summed E-state index contributed by atoms with van der Waals surface area (Å²) >= 11 is 0. The molecular formula is C14H21N3O3. The maximum atomic E-state index is 12.7. The van der Waals surface area contributed by atoms with Gasteiger partial charge in [-0.15, -0.1) is 0 Å². The minimum atomic E-state index is -0.491. The van der Waals surface area contributed by atoms with E-state index in [2.05, 4.69) is 5.32 Å². The Labute approximate surface area is 118 Å². The number of rotatable bonds is 4. The highest BCUT2D eigenvalue weighted by atomic mass is 16.3. The lowest BCUT2D eigenvalue weighted by atomic mass is 10.0. The molecule has 3 N–H and O–H groups in total. The van der Waals surface area contributed by atoms with Crippen LogP contribution < -0.4 is 11.1 Å². The summed E-state index contributed by atoms with van der Waals surface area (Å²) in [5.74, 6) is 0.603. The standard InChI is InChI=1S/C14H21N3O3/c1-9-7-12(10(2)20-9)14(19)17(8-13(15)18)11-3-5-16-6-4-11/h7,11,16H,3-6,8H2,1-2H3,(H2,15,18). The average Bonchev–Trinajstić information content (AvgIpc) is 2.75. The number of nitrogens with zero attached hydrogens (tertiary/aromatic N) is 1. The molecule has 0 spiro atoms. The van der Waals surface area contributed by atoms with Gasteiger partial charge in [0.2, 0.25) is 5.91 Å². The number of hydrogen-bond donors (Lipinski definition) is 2. The zero-order chi connectivity index (χ0) is 14.7. The number of hydrogen-bond acceptors (Lipinski definition) is 4. The molecule has 0 bridgehead atoms. The summed E-state index contributed by atoms with van der Waals surface area (Å²) in [5.41, 5.74) is 5.80. The Morgan fingerprint density at radius 2 is 2.05 bits per heavy atom. The molecule has 2 heterocycles. The normalized spacial score (nSPS) is 16.1. The summed E-state index contributed by atoms with van der Waals surface area (Å²) in [5, 5.41) is 3.24. The van der Waals surface area contributed by atoms with Crippen LogP contribution in [-0.4, -0.2) is 42.4 Å². The Balaban J connectivity index is 2.23. The second-order valence-corrected chi connectivity index (χ2v) is 5.21. The van der Waals surface area contributed by atoms with Gasteiger partial charge in [-0.3, -0.25) is 9.59 Å². The van der Waals surface area contributed by atoms with Crippen LogP contribution in [-0.2, 0) is 4.79 Å². The lowest BCUT2D eigenvalue weighted by Crippen LogP contribution is -2.49. The van der Waals surface area contributed by atoms with Crippen LogP contribution in [0.15, 0.2) is 10.5 Å². The number of carbonyl (C=O) groups is 2. The molecule has 20 heavy (non-hydrogen) atoms. The van der Waals surface area contributed by atoms with E-state index in [1.165, 1.54) is 0 Å². The first kappa shape index (κ1) is 14.6. The highest BCUT2D eigenvalue weighted by molar-refractivity contribution is 5.97. The molecule has 110 valence electrons. The Morgan fingerprint density at radius 1 is 1.40 bits per heavy atom. The van der Waals surface area contributed by atoms with Gasteiger partial charge in [0, 0.05) is 6.04 Å². The summed E-state index contributed by atoms with van der Waals surface area (Å²) in [6.45, 7) is 5.19. The second-order valence-electron chi connectivity index (χ2n) is 5.21. The zero-order valence-electron chi connectivity index (χ0n) is 11.9. The van der Waals surface area contributed by atoms with Gasteiger partial charge in [-0.25, -0.2) is 0 Å². The van der Waals surface area contributed by atoms with Crippen LogP contribution in [0.2, 0.25) is 0 Å². The van der Waals surface area contributed by atoms with Gasteiger partial charge >= 0.3 is 0 Å². The zero-order valence-corrected chi connectivity index (χ0v) is 11.9. The van der Waals surface area contributed by atoms with Crippen molar-refractivity contribution in [2.75, 3.05) is 19.6 Å². The smallest absolute Gasteiger partial charge is 0.258 e. The fourth-order valence-electron chi connectivity index (χ4n) is 2.65. The van der Waals surface area contributed by atoms with Gasteiger partial charge in [-0.1, -0.05) is 0 Å². The van der Waals surface area contributed by atoms with Crippen molar-refractivity contribution in [3.8, 4) is 0 Å². The van der Waals surface area contributed by atoms with E-state index in [1.54, 1.807) is 24.8 Å². The van der Waals surface area contributed by atoms with Crippen LogP contribution in [0.25, 0.3) is 0 Å². The van der Waals surface area contributed by atoms with Crippen molar-refractivity contribution < 1.29 is 14.0 Å². The summed E-state index contributed by atoms with van der Waals surface area (Å²) in [6, 6.07) is 1.76. The molecule has 6 nitrogen and oxygen atoms in total. The van der Waals surface area contributed by atoms with Gasteiger partial charge in [0.15, 0.2) is 0 Å². The number of furan rings is 1. The van der Waals surface area contributed by atoms with Crippen molar-refractivity contribution in [1.29, 1.82) is 0 Å². The SMILES string of the molecule is Cc1cc(C(=O)N(CC(N)=O)C2CCNCC2)c(C)o1. The molecule has 2 rings (SSSR count). The van der Waals surface area contributed by atoms with Crippen molar-refractivity contribution in [2.45, 2.75) is 32.7 Å². The lowest BCUT2D eigenvalue weighted by Gasteiger charge is -2.33. The van der Waals surface area contributed by atoms with Crippen LogP contribution in [0.5, 0.6) is 0 Å². The highest BCUT2D eigenvalue weighted by Crippen LogP contribution is 2.20. The molecule has 0 aliphatic carbocycles. The third-order valence-corrected chi connectivity index (χ3v) is 3.61. The molecule has 1 aliphatic rings. The Bertz CT molecular complexity index is 504. The quantitative estimate of drug-likeness (QED) is 0.843. The van der Waals surface area contributed by atoms with Crippen molar-refractivity contribution in [3.63, 3.8) is 0 Å². The van der Waals surface area contributed by atoms with E-state index in [9.17, 15) is 9.59 Å². The van der Waals surface area contributed by atoms with Crippen LogP contribution in [0.1, 0.15) is 34.7 Å². The molecule has 0 radical (unpaired) electrons. The molecule has 1 aromatic heterocycles. The fraction of sp³-hybridized carbons (Fsp3) is 0.571. The lowest BCUT2D eigenvalue weighted by molar-refractivity contribution is -0.119. The van der Waals surface area contributed by atoms with E-state index in [-0.39, 0.29) is 18.5 Å². The number of nitrogens with one attached hydrogen (secondary N) is 1. The van der Waals surface area contributed by atoms with Gasteiger partial charge < -0.3 is 20.4 Å². The van der Waals surface area contributed by atoms with Crippen LogP contribution in [0, 0.1) is 13.8 Å². The summed E-state index contributed by atoms with van der Waals surface area (Å²) in [6.07, 6.45) is 1.66. The van der Waals surface area contributed by atoms with Crippen LogP contribution >= 0.6 is 0 Å². The van der Waals surface area contributed by atoms with Crippen molar-refractivity contribution >= 4 is 11.8 Å². The Morgan fingerprint density at radius 3 is 2.55 bits per heavy atom. The minimum absolute atomic E-state index is 0.0471. The molecule has 0 atom stereocenters. The van der Waals surface area contributed by atoms with Gasteiger partial charge in [-0.2, -0.15) is 0 Å². The molecule has 1 aromatic rings. The van der Waals surface area contributed by atoms with Crippen molar-refractivity contribution in [1.82, 2.24) is 10.2 Å². The number of amides is 2. The largest absolute Gasteiger partial charge is 0.466 e. The summed E-state index contributed by atoms with van der Waals surface area (Å²) < 4.78 is 5.40.